The standard InChI is InChI=1S/C15H16BNO4/c18-15(19)14(10-11-6-2-1-3-7-11)17-13-9-5-4-8-12(13)16(20)21/h1-9,14,17,20-21H,10H2,(H,18,19)/t14-/m0/s1. The minimum absolute atomic E-state index is 0.247. The van der Waals surface area contributed by atoms with Gasteiger partial charge in [0, 0.05) is 17.6 Å². The molecule has 5 nitrogen and oxygen atoms in total. The number of nitrogens with one attached hydrogen (secondary N) is 1. The molecule has 21 heavy (non-hydrogen) atoms. The molecule has 0 spiro atoms. The van der Waals surface area contributed by atoms with E-state index in [0.29, 0.717) is 12.1 Å². The van der Waals surface area contributed by atoms with Crippen molar-refractivity contribution in [2.24, 2.45) is 0 Å². The van der Waals surface area contributed by atoms with Gasteiger partial charge >= 0.3 is 13.1 Å². The summed E-state index contributed by atoms with van der Waals surface area (Å²) in [4.78, 5) is 11.4. The molecule has 2 rings (SSSR count). The number of rotatable bonds is 6. The lowest BCUT2D eigenvalue weighted by Crippen LogP contribution is -2.38. The van der Waals surface area contributed by atoms with Crippen LogP contribution in [-0.4, -0.2) is 34.3 Å². The molecular weight excluding hydrogens is 269 g/mol. The molecule has 2 aromatic rings. The lowest BCUT2D eigenvalue weighted by Gasteiger charge is -2.18. The Morgan fingerprint density at radius 1 is 1.05 bits per heavy atom. The molecule has 0 saturated carbocycles. The van der Waals surface area contributed by atoms with Gasteiger partial charge in [-0.1, -0.05) is 48.5 Å². The zero-order valence-electron chi connectivity index (χ0n) is 11.3. The van der Waals surface area contributed by atoms with Crippen LogP contribution in [0.25, 0.3) is 0 Å². The lowest BCUT2D eigenvalue weighted by molar-refractivity contribution is -0.137. The summed E-state index contributed by atoms with van der Waals surface area (Å²) in [6, 6.07) is 14.9. The second kappa shape index (κ2) is 6.92. The summed E-state index contributed by atoms with van der Waals surface area (Å²) in [7, 11) is -1.65. The van der Waals surface area contributed by atoms with E-state index in [4.69, 9.17) is 0 Å². The van der Waals surface area contributed by atoms with E-state index in [9.17, 15) is 19.9 Å². The average Bonchev–Trinajstić information content (AvgIpc) is 2.48. The topological polar surface area (TPSA) is 89.8 Å². The highest BCUT2D eigenvalue weighted by molar-refractivity contribution is 6.60. The van der Waals surface area contributed by atoms with Gasteiger partial charge in [0.1, 0.15) is 6.04 Å². The van der Waals surface area contributed by atoms with Gasteiger partial charge < -0.3 is 20.5 Å². The molecule has 0 bridgehead atoms. The molecule has 0 aliphatic rings. The van der Waals surface area contributed by atoms with E-state index < -0.39 is 19.1 Å². The number of para-hydroxylation sites is 1. The number of benzene rings is 2. The van der Waals surface area contributed by atoms with E-state index in [2.05, 4.69) is 5.32 Å². The highest BCUT2D eigenvalue weighted by Gasteiger charge is 2.22. The first-order valence-corrected chi connectivity index (χ1v) is 6.56. The number of aliphatic carboxylic acids is 1. The van der Waals surface area contributed by atoms with Gasteiger partial charge in [-0.3, -0.25) is 0 Å². The summed E-state index contributed by atoms with van der Waals surface area (Å²) in [6.07, 6.45) is 0.298. The second-order valence-corrected chi connectivity index (χ2v) is 4.69. The number of hydrogen-bond acceptors (Lipinski definition) is 4. The van der Waals surface area contributed by atoms with E-state index >= 15 is 0 Å². The summed E-state index contributed by atoms with van der Waals surface area (Å²) >= 11 is 0. The molecule has 2 aromatic carbocycles. The number of hydrogen-bond donors (Lipinski definition) is 4. The fraction of sp³-hybridized carbons (Fsp3) is 0.133. The zero-order chi connectivity index (χ0) is 15.2. The van der Waals surface area contributed by atoms with Crippen molar-refractivity contribution in [2.45, 2.75) is 12.5 Å². The van der Waals surface area contributed by atoms with E-state index in [-0.39, 0.29) is 5.46 Å². The van der Waals surface area contributed by atoms with E-state index in [1.807, 2.05) is 30.3 Å². The summed E-state index contributed by atoms with van der Waals surface area (Å²) in [6.45, 7) is 0. The second-order valence-electron chi connectivity index (χ2n) is 4.69. The van der Waals surface area contributed by atoms with Crippen LogP contribution >= 0.6 is 0 Å². The van der Waals surface area contributed by atoms with E-state index in [1.165, 1.54) is 6.07 Å². The maximum atomic E-state index is 11.4. The van der Waals surface area contributed by atoms with Crippen molar-refractivity contribution in [3.8, 4) is 0 Å². The van der Waals surface area contributed by atoms with Crippen LogP contribution in [0.2, 0.25) is 0 Å². The predicted molar refractivity (Wildman–Crippen MR) is 81.5 cm³/mol. The molecule has 4 N–H and O–H groups in total. The van der Waals surface area contributed by atoms with Crippen molar-refractivity contribution in [1.82, 2.24) is 0 Å². The van der Waals surface area contributed by atoms with Crippen LogP contribution in [-0.2, 0) is 11.2 Å². The summed E-state index contributed by atoms with van der Waals surface area (Å²) in [5.41, 5.74) is 1.53. The van der Waals surface area contributed by atoms with Crippen molar-refractivity contribution in [3.05, 3.63) is 60.2 Å². The third kappa shape index (κ3) is 4.08. The third-order valence-corrected chi connectivity index (χ3v) is 3.15. The predicted octanol–water partition coefficient (Wildman–Crippen LogP) is 0.474. The molecule has 0 radical (unpaired) electrons. The molecule has 0 unspecified atom stereocenters. The van der Waals surface area contributed by atoms with Crippen molar-refractivity contribution >= 4 is 24.2 Å². The monoisotopic (exact) mass is 285 g/mol. The Kier molecular flexibility index (Phi) is 4.97. The number of carbonyl (C=O) groups is 1. The van der Waals surface area contributed by atoms with Crippen LogP contribution in [0, 0.1) is 0 Å². The molecule has 108 valence electrons. The highest BCUT2D eigenvalue weighted by atomic mass is 16.4. The first-order chi connectivity index (χ1) is 10.1. The molecule has 1 atom stereocenters. The Bertz CT molecular complexity index is 604. The molecule has 0 aliphatic carbocycles. The summed E-state index contributed by atoms with van der Waals surface area (Å²) < 4.78 is 0. The van der Waals surface area contributed by atoms with Gasteiger partial charge in [0.05, 0.1) is 0 Å². The molecule has 0 saturated heterocycles. The van der Waals surface area contributed by atoms with Gasteiger partial charge in [-0.15, -0.1) is 0 Å². The van der Waals surface area contributed by atoms with Gasteiger partial charge in [-0.05, 0) is 11.6 Å². The molecular formula is C15H16BNO4. The van der Waals surface area contributed by atoms with Crippen molar-refractivity contribution in [3.63, 3.8) is 0 Å². The Hall–Kier alpha value is -2.31. The highest BCUT2D eigenvalue weighted by Crippen LogP contribution is 2.10. The summed E-state index contributed by atoms with van der Waals surface area (Å²) in [5.74, 6) is -0.999. The van der Waals surface area contributed by atoms with Crippen LogP contribution in [0.4, 0.5) is 5.69 Å². The fourth-order valence-corrected chi connectivity index (χ4v) is 2.09. The van der Waals surface area contributed by atoms with Gasteiger partial charge in [0.25, 0.3) is 0 Å². The van der Waals surface area contributed by atoms with Gasteiger partial charge in [0.15, 0.2) is 0 Å². The van der Waals surface area contributed by atoms with Crippen LogP contribution < -0.4 is 10.8 Å². The normalized spacial score (nSPS) is 11.7. The first-order valence-electron chi connectivity index (χ1n) is 6.56. The Morgan fingerprint density at radius 2 is 1.67 bits per heavy atom. The van der Waals surface area contributed by atoms with Gasteiger partial charge in [-0.25, -0.2) is 4.79 Å². The third-order valence-electron chi connectivity index (χ3n) is 3.15. The maximum Gasteiger partial charge on any atom is 0.490 e. The molecule has 0 heterocycles. The molecule has 0 amide bonds. The van der Waals surface area contributed by atoms with E-state index in [0.717, 1.165) is 5.56 Å². The van der Waals surface area contributed by atoms with Crippen molar-refractivity contribution < 1.29 is 19.9 Å². The number of carboxylic acid groups (broad SMARTS) is 1. The van der Waals surface area contributed by atoms with Crippen LogP contribution in [0.15, 0.2) is 54.6 Å². The Morgan fingerprint density at radius 3 is 2.29 bits per heavy atom. The van der Waals surface area contributed by atoms with Crippen molar-refractivity contribution in [2.75, 3.05) is 5.32 Å². The summed E-state index contributed by atoms with van der Waals surface area (Å²) in [5, 5.41) is 30.8. The van der Waals surface area contributed by atoms with Crippen LogP contribution in [0.1, 0.15) is 5.56 Å². The van der Waals surface area contributed by atoms with Crippen LogP contribution in [0.5, 0.6) is 0 Å². The lowest BCUT2D eigenvalue weighted by atomic mass is 9.79. The molecule has 0 fully saturated rings. The molecule has 0 aliphatic heterocycles. The SMILES string of the molecule is O=C(O)[C@H](Cc1ccccc1)Nc1ccccc1B(O)O. The minimum Gasteiger partial charge on any atom is -0.480 e. The minimum atomic E-state index is -1.65. The quantitative estimate of drug-likeness (QED) is 0.579. The fourth-order valence-electron chi connectivity index (χ4n) is 2.09. The number of anilines is 1. The first kappa shape index (κ1) is 15.1. The average molecular weight is 285 g/mol. The van der Waals surface area contributed by atoms with Gasteiger partial charge in [0.2, 0.25) is 0 Å². The van der Waals surface area contributed by atoms with E-state index in [1.54, 1.807) is 18.2 Å². The van der Waals surface area contributed by atoms with Crippen LogP contribution in [0.3, 0.4) is 0 Å². The largest absolute Gasteiger partial charge is 0.490 e. The Balaban J connectivity index is 2.19. The number of carboxylic acids is 1. The van der Waals surface area contributed by atoms with Gasteiger partial charge in [-0.2, -0.15) is 0 Å². The molecule has 0 aromatic heterocycles. The smallest absolute Gasteiger partial charge is 0.480 e. The maximum absolute atomic E-state index is 11.4. The zero-order valence-corrected chi connectivity index (χ0v) is 11.3. The molecule has 6 heteroatoms. The Labute approximate surface area is 123 Å². The van der Waals surface area contributed by atoms with Crippen molar-refractivity contribution in [1.29, 1.82) is 0 Å².